The van der Waals surface area contributed by atoms with Crippen LogP contribution in [-0.2, 0) is 14.8 Å². The van der Waals surface area contributed by atoms with E-state index in [4.69, 9.17) is 9.47 Å². The number of nitrogens with zero attached hydrogens (tertiary/aromatic N) is 5. The largest absolute Gasteiger partial charge is 0.477 e. The zero-order valence-corrected chi connectivity index (χ0v) is 20.1. The van der Waals surface area contributed by atoms with Gasteiger partial charge in [0, 0.05) is 19.5 Å². The van der Waals surface area contributed by atoms with Crippen molar-refractivity contribution in [2.75, 3.05) is 25.0 Å². The topological polar surface area (TPSA) is 158 Å². The Bertz CT molecular complexity index is 1260. The smallest absolute Gasteiger partial charge is 0.280 e. The maximum Gasteiger partial charge on any atom is 0.280 e. The van der Waals surface area contributed by atoms with Crippen molar-refractivity contribution in [2.45, 2.75) is 31.1 Å². The lowest BCUT2D eigenvalue weighted by atomic mass is 10.2. The summed E-state index contributed by atoms with van der Waals surface area (Å²) in [6.45, 7) is 2.42. The van der Waals surface area contributed by atoms with Crippen LogP contribution >= 0.6 is 11.3 Å². The van der Waals surface area contributed by atoms with Crippen molar-refractivity contribution in [3.63, 3.8) is 0 Å². The van der Waals surface area contributed by atoms with Crippen molar-refractivity contribution >= 4 is 33.2 Å². The Balaban J connectivity index is 1.49. The van der Waals surface area contributed by atoms with Crippen molar-refractivity contribution < 1.29 is 22.7 Å². The number of nitrogens with one attached hydrogen (secondary N) is 2. The van der Waals surface area contributed by atoms with Gasteiger partial charge >= 0.3 is 0 Å². The molecule has 0 bridgehead atoms. The molecule has 1 aliphatic carbocycles. The molecule has 34 heavy (non-hydrogen) atoms. The normalized spacial score (nSPS) is 14.4. The number of rotatable bonds is 11. The Kier molecular flexibility index (Phi) is 7.29. The number of thiazole rings is 1. The number of carbonyl (C=O) groups is 1. The van der Waals surface area contributed by atoms with Crippen LogP contribution < -0.4 is 14.8 Å². The lowest BCUT2D eigenvalue weighted by Gasteiger charge is -2.17. The molecule has 14 heteroatoms. The van der Waals surface area contributed by atoms with Crippen LogP contribution in [0.2, 0.25) is 0 Å². The van der Waals surface area contributed by atoms with E-state index < -0.39 is 27.2 Å². The number of aromatic nitrogens is 5. The summed E-state index contributed by atoms with van der Waals surface area (Å²) in [5.74, 6) is -0.105. The zero-order chi connectivity index (χ0) is 24.1. The monoisotopic (exact) mass is 505 g/mol. The molecule has 2 N–H and O–H groups in total. The molecule has 12 nitrogen and oxygen atoms in total. The summed E-state index contributed by atoms with van der Waals surface area (Å²) < 4.78 is 37.4. The Morgan fingerprint density at radius 2 is 2.06 bits per heavy atom. The van der Waals surface area contributed by atoms with Gasteiger partial charge in [-0.05, 0) is 25.8 Å². The minimum atomic E-state index is -3.51. The number of sulfonamides is 1. The molecule has 0 radical (unpaired) electrons. The van der Waals surface area contributed by atoms with Gasteiger partial charge in [-0.15, -0.1) is 11.3 Å². The number of methoxy groups -OCH3 is 1. The van der Waals surface area contributed by atoms with E-state index in [9.17, 15) is 13.2 Å². The van der Waals surface area contributed by atoms with Crippen molar-refractivity contribution in [1.29, 1.82) is 0 Å². The molecule has 1 atom stereocenters. The van der Waals surface area contributed by atoms with Crippen LogP contribution in [0.5, 0.6) is 5.88 Å². The minimum absolute atomic E-state index is 0.0518. The summed E-state index contributed by atoms with van der Waals surface area (Å²) in [6.07, 6.45) is 7.28. The first kappa shape index (κ1) is 23.9. The first-order chi connectivity index (χ1) is 16.4. The second kappa shape index (κ2) is 10.4. The lowest BCUT2D eigenvalue weighted by Crippen LogP contribution is -2.32. The van der Waals surface area contributed by atoms with Crippen LogP contribution in [0.1, 0.15) is 41.3 Å². The van der Waals surface area contributed by atoms with E-state index in [1.54, 1.807) is 18.5 Å². The Hall–Kier alpha value is -3.23. The van der Waals surface area contributed by atoms with Gasteiger partial charge in [-0.2, -0.15) is 0 Å². The molecule has 3 heterocycles. The molecule has 0 aliphatic heterocycles. The van der Waals surface area contributed by atoms with Crippen molar-refractivity contribution in [3.8, 4) is 16.5 Å². The average molecular weight is 506 g/mol. The summed E-state index contributed by atoms with van der Waals surface area (Å²) >= 11 is 1.15. The molecule has 180 valence electrons. The molecule has 3 aromatic rings. The van der Waals surface area contributed by atoms with E-state index in [0.717, 1.165) is 11.3 Å². The molecule has 0 aromatic carbocycles. The first-order valence-corrected chi connectivity index (χ1v) is 12.8. The highest BCUT2D eigenvalue weighted by molar-refractivity contribution is 7.93. The molecular weight excluding hydrogens is 482 g/mol. The maximum atomic E-state index is 12.9. The Labute approximate surface area is 200 Å². The van der Waals surface area contributed by atoms with Gasteiger partial charge in [-0.25, -0.2) is 28.4 Å². The number of carbonyl (C=O) groups excluding carboxylic acids is 1. The maximum absolute atomic E-state index is 12.9. The van der Waals surface area contributed by atoms with Gasteiger partial charge in [0.05, 0.1) is 47.5 Å². The van der Waals surface area contributed by atoms with Gasteiger partial charge in [0.2, 0.25) is 21.9 Å². The van der Waals surface area contributed by atoms with Crippen molar-refractivity contribution in [1.82, 2.24) is 30.2 Å². The average Bonchev–Trinajstić information content (AvgIpc) is 3.57. The van der Waals surface area contributed by atoms with Gasteiger partial charge in [-0.1, -0.05) is 0 Å². The van der Waals surface area contributed by atoms with Gasteiger partial charge in [0.1, 0.15) is 5.69 Å². The predicted octanol–water partition coefficient (Wildman–Crippen LogP) is 1.81. The predicted molar refractivity (Wildman–Crippen MR) is 124 cm³/mol. The highest BCUT2D eigenvalue weighted by atomic mass is 32.2. The van der Waals surface area contributed by atoms with E-state index in [-0.39, 0.29) is 17.6 Å². The molecule has 0 spiro atoms. The van der Waals surface area contributed by atoms with E-state index in [1.807, 2.05) is 6.92 Å². The summed E-state index contributed by atoms with van der Waals surface area (Å²) in [6, 6.07) is 0.930. The van der Waals surface area contributed by atoms with E-state index in [2.05, 4.69) is 35.0 Å². The van der Waals surface area contributed by atoms with Crippen LogP contribution in [0.15, 0.2) is 30.9 Å². The molecular formula is C20H23N7O5S2. The fourth-order valence-electron chi connectivity index (χ4n) is 2.97. The molecule has 1 amide bonds. The van der Waals surface area contributed by atoms with Crippen molar-refractivity contribution in [2.24, 2.45) is 0 Å². The molecule has 1 saturated carbocycles. The van der Waals surface area contributed by atoms with Crippen LogP contribution in [0, 0.1) is 0 Å². The summed E-state index contributed by atoms with van der Waals surface area (Å²) in [4.78, 5) is 34.5. The third-order valence-electron chi connectivity index (χ3n) is 4.73. The van der Waals surface area contributed by atoms with E-state index in [1.165, 1.54) is 19.5 Å². The highest BCUT2D eigenvalue weighted by Gasteiger charge is 2.36. The number of ether oxygens (including phenoxy) is 2. The van der Waals surface area contributed by atoms with Crippen molar-refractivity contribution in [3.05, 3.63) is 41.6 Å². The quantitative estimate of drug-likeness (QED) is 0.393. The van der Waals surface area contributed by atoms with Crippen LogP contribution in [0.25, 0.3) is 10.6 Å². The Morgan fingerprint density at radius 3 is 2.79 bits per heavy atom. The zero-order valence-electron chi connectivity index (χ0n) is 18.5. The van der Waals surface area contributed by atoms with Crippen LogP contribution in [0.3, 0.4) is 0 Å². The minimum Gasteiger partial charge on any atom is -0.477 e. The van der Waals surface area contributed by atoms with Gasteiger partial charge in [-0.3, -0.25) is 14.5 Å². The molecule has 1 aliphatic rings. The Morgan fingerprint density at radius 1 is 1.24 bits per heavy atom. The molecule has 1 fully saturated rings. The van der Waals surface area contributed by atoms with Gasteiger partial charge < -0.3 is 14.8 Å². The number of amides is 1. The summed E-state index contributed by atoms with van der Waals surface area (Å²) in [5, 5.41) is 2.63. The number of hydrogen-bond acceptors (Lipinski definition) is 11. The SMILES string of the molecule is CCOc1cncc(-c2cnc(C(=O)N[C@H](COC)c3ccnc(NS(=O)(=O)C4CC4)n3)s2)n1. The molecule has 0 unspecified atom stereocenters. The first-order valence-electron chi connectivity index (χ1n) is 10.4. The third kappa shape index (κ3) is 5.81. The fraction of sp³-hybridized carbons (Fsp3) is 0.400. The van der Waals surface area contributed by atoms with Crippen LogP contribution in [0.4, 0.5) is 5.95 Å². The lowest BCUT2D eigenvalue weighted by molar-refractivity contribution is 0.0894. The third-order valence-corrected chi connectivity index (χ3v) is 7.56. The second-order valence-corrected chi connectivity index (χ2v) is 10.3. The number of hydrogen-bond donors (Lipinski definition) is 2. The molecule has 0 saturated heterocycles. The van der Waals surface area contributed by atoms with E-state index in [0.29, 0.717) is 41.6 Å². The highest BCUT2D eigenvalue weighted by Crippen LogP contribution is 2.29. The second-order valence-electron chi connectivity index (χ2n) is 7.34. The number of anilines is 1. The molecule has 3 aromatic heterocycles. The van der Waals surface area contributed by atoms with E-state index >= 15 is 0 Å². The molecule has 4 rings (SSSR count). The fourth-order valence-corrected chi connectivity index (χ4v) is 5.02. The van der Waals surface area contributed by atoms with Gasteiger partial charge in [0.25, 0.3) is 5.91 Å². The summed E-state index contributed by atoms with van der Waals surface area (Å²) in [5.41, 5.74) is 0.935. The van der Waals surface area contributed by atoms with Gasteiger partial charge in [0.15, 0.2) is 5.01 Å². The van der Waals surface area contributed by atoms with Crippen LogP contribution in [-0.4, -0.2) is 64.8 Å². The summed E-state index contributed by atoms with van der Waals surface area (Å²) in [7, 11) is -2.02. The standard InChI is InChI=1S/C20H23N7O5S2/c1-3-32-17-10-21-8-14(24-17)16-9-23-19(33-16)18(28)25-15(11-31-2)13-6-7-22-20(26-13)27-34(29,30)12-4-5-12/h6-10,12,15H,3-5,11H2,1-2H3,(H,25,28)(H,22,26,27)/t15-/m1/s1.